The molecule has 0 saturated heterocycles. The van der Waals surface area contributed by atoms with Crippen LogP contribution in [-0.2, 0) is 4.79 Å². The third-order valence-corrected chi connectivity index (χ3v) is 3.60. The highest BCUT2D eigenvalue weighted by molar-refractivity contribution is 5.94. The highest BCUT2D eigenvalue weighted by atomic mass is 16.6. The zero-order valence-electron chi connectivity index (χ0n) is 13.9. The summed E-state index contributed by atoms with van der Waals surface area (Å²) in [5.41, 5.74) is 2.29. The van der Waals surface area contributed by atoms with Crippen LogP contribution < -0.4 is 10.1 Å². The Labute approximate surface area is 140 Å². The maximum absolute atomic E-state index is 12.4. The Hall–Kier alpha value is -2.89. The number of hydrogen-bond donors (Lipinski definition) is 1. The summed E-state index contributed by atoms with van der Waals surface area (Å²) < 4.78 is 5.84. The topological polar surface area (TPSA) is 81.5 Å². The Balaban J connectivity index is 2.13. The first-order valence-corrected chi connectivity index (χ1v) is 7.70. The van der Waals surface area contributed by atoms with Crippen molar-refractivity contribution in [3.05, 3.63) is 63.7 Å². The molecule has 0 aliphatic heterocycles. The molecule has 2 rings (SSSR count). The zero-order valence-corrected chi connectivity index (χ0v) is 13.9. The molecule has 0 unspecified atom stereocenters. The van der Waals surface area contributed by atoms with Gasteiger partial charge in [0.2, 0.25) is 0 Å². The molecule has 0 aromatic heterocycles. The van der Waals surface area contributed by atoms with E-state index in [0.717, 1.165) is 11.1 Å². The number of nitro benzene ring substituents is 1. The van der Waals surface area contributed by atoms with E-state index in [4.69, 9.17) is 4.74 Å². The molecule has 0 bridgehead atoms. The Kier molecular flexibility index (Phi) is 5.52. The van der Waals surface area contributed by atoms with Crippen molar-refractivity contribution in [3.63, 3.8) is 0 Å². The number of carbonyl (C=O) groups is 1. The van der Waals surface area contributed by atoms with Crippen LogP contribution in [-0.4, -0.2) is 16.9 Å². The van der Waals surface area contributed by atoms with Crippen molar-refractivity contribution < 1.29 is 14.5 Å². The van der Waals surface area contributed by atoms with E-state index in [-0.39, 0.29) is 11.6 Å². The van der Waals surface area contributed by atoms with Crippen LogP contribution in [0.5, 0.6) is 5.75 Å². The van der Waals surface area contributed by atoms with Gasteiger partial charge in [-0.1, -0.05) is 25.1 Å². The maximum Gasteiger partial charge on any atom is 0.271 e. The molecule has 6 heteroatoms. The summed E-state index contributed by atoms with van der Waals surface area (Å²) in [6.07, 6.45) is -0.196. The lowest BCUT2D eigenvalue weighted by Crippen LogP contribution is -2.32. The van der Waals surface area contributed by atoms with Crippen LogP contribution in [0.4, 0.5) is 11.4 Å². The molecule has 6 nitrogen and oxygen atoms in total. The van der Waals surface area contributed by atoms with Gasteiger partial charge in [0.25, 0.3) is 11.6 Å². The molecular formula is C18H20N2O4. The van der Waals surface area contributed by atoms with Gasteiger partial charge in [-0.25, -0.2) is 0 Å². The second kappa shape index (κ2) is 7.59. The molecule has 0 fully saturated rings. The van der Waals surface area contributed by atoms with Gasteiger partial charge < -0.3 is 10.1 Å². The second-order valence-corrected chi connectivity index (χ2v) is 5.58. The van der Waals surface area contributed by atoms with Gasteiger partial charge in [-0.2, -0.15) is 0 Å². The molecule has 0 heterocycles. The molecule has 0 radical (unpaired) electrons. The van der Waals surface area contributed by atoms with E-state index < -0.39 is 11.0 Å². The SMILES string of the molecule is CC[C@H](Oc1cc(C)ccc1C)C(=O)Nc1cccc([N+](=O)[O-])c1. The normalized spacial score (nSPS) is 11.6. The summed E-state index contributed by atoms with van der Waals surface area (Å²) in [7, 11) is 0. The van der Waals surface area contributed by atoms with E-state index in [2.05, 4.69) is 5.32 Å². The highest BCUT2D eigenvalue weighted by Gasteiger charge is 2.20. The summed E-state index contributed by atoms with van der Waals surface area (Å²) in [5, 5.41) is 13.5. The molecule has 1 atom stereocenters. The van der Waals surface area contributed by atoms with E-state index in [1.54, 1.807) is 6.07 Å². The molecule has 1 N–H and O–H groups in total. The van der Waals surface area contributed by atoms with Crippen molar-refractivity contribution in [2.75, 3.05) is 5.32 Å². The summed E-state index contributed by atoms with van der Waals surface area (Å²) in [4.78, 5) is 22.7. The molecule has 0 aliphatic carbocycles. The van der Waals surface area contributed by atoms with Crippen LogP contribution in [0.1, 0.15) is 24.5 Å². The Morgan fingerprint density at radius 3 is 2.67 bits per heavy atom. The number of carbonyl (C=O) groups excluding carboxylic acids is 1. The standard InChI is InChI=1S/C18H20N2O4/c1-4-16(24-17-10-12(2)8-9-13(17)3)18(21)19-14-6-5-7-15(11-14)20(22)23/h5-11,16H,4H2,1-3H3,(H,19,21)/t16-/m0/s1. The Bertz CT molecular complexity index is 758. The molecule has 24 heavy (non-hydrogen) atoms. The van der Waals surface area contributed by atoms with Crippen LogP contribution >= 0.6 is 0 Å². The average molecular weight is 328 g/mol. The van der Waals surface area contributed by atoms with Crippen molar-refractivity contribution in [3.8, 4) is 5.75 Å². The van der Waals surface area contributed by atoms with Crippen LogP contribution in [0.25, 0.3) is 0 Å². The summed E-state index contributed by atoms with van der Waals surface area (Å²) in [5.74, 6) is 0.329. The van der Waals surface area contributed by atoms with Crippen LogP contribution in [0.15, 0.2) is 42.5 Å². The van der Waals surface area contributed by atoms with Gasteiger partial charge in [0, 0.05) is 17.8 Å². The fraction of sp³-hybridized carbons (Fsp3) is 0.278. The lowest BCUT2D eigenvalue weighted by atomic mass is 10.1. The number of nitrogens with one attached hydrogen (secondary N) is 1. The minimum absolute atomic E-state index is 0.0729. The fourth-order valence-corrected chi connectivity index (χ4v) is 2.23. The maximum atomic E-state index is 12.4. The predicted octanol–water partition coefficient (Wildman–Crippen LogP) is 4.01. The third-order valence-electron chi connectivity index (χ3n) is 3.60. The Morgan fingerprint density at radius 2 is 2.00 bits per heavy atom. The third kappa shape index (κ3) is 4.32. The van der Waals surface area contributed by atoms with Crippen LogP contribution in [0.2, 0.25) is 0 Å². The predicted molar refractivity (Wildman–Crippen MR) is 92.3 cm³/mol. The first-order chi connectivity index (χ1) is 11.4. The van der Waals surface area contributed by atoms with E-state index in [1.165, 1.54) is 18.2 Å². The number of non-ortho nitro benzene ring substituents is 1. The number of nitrogens with zero attached hydrogens (tertiary/aromatic N) is 1. The molecule has 2 aromatic rings. The number of hydrogen-bond acceptors (Lipinski definition) is 4. The molecule has 0 aliphatic rings. The molecule has 0 spiro atoms. The number of aryl methyl sites for hydroxylation is 2. The van der Waals surface area contributed by atoms with Crippen LogP contribution in [0.3, 0.4) is 0 Å². The van der Waals surface area contributed by atoms with Gasteiger partial charge in [0.1, 0.15) is 5.75 Å². The van der Waals surface area contributed by atoms with E-state index in [0.29, 0.717) is 17.9 Å². The van der Waals surface area contributed by atoms with Gasteiger partial charge in [-0.3, -0.25) is 14.9 Å². The number of nitro groups is 1. The fourth-order valence-electron chi connectivity index (χ4n) is 2.23. The lowest BCUT2D eigenvalue weighted by molar-refractivity contribution is -0.384. The quantitative estimate of drug-likeness (QED) is 0.641. The number of ether oxygens (including phenoxy) is 1. The Morgan fingerprint density at radius 1 is 1.25 bits per heavy atom. The minimum Gasteiger partial charge on any atom is -0.480 e. The summed E-state index contributed by atoms with van der Waals surface area (Å²) >= 11 is 0. The van der Waals surface area contributed by atoms with Crippen molar-refractivity contribution >= 4 is 17.3 Å². The first-order valence-electron chi connectivity index (χ1n) is 7.70. The largest absolute Gasteiger partial charge is 0.480 e. The zero-order chi connectivity index (χ0) is 17.7. The number of rotatable bonds is 6. The highest BCUT2D eigenvalue weighted by Crippen LogP contribution is 2.22. The molecule has 126 valence electrons. The summed E-state index contributed by atoms with van der Waals surface area (Å²) in [6, 6.07) is 11.6. The molecule has 1 amide bonds. The van der Waals surface area contributed by atoms with Gasteiger partial charge in [-0.15, -0.1) is 0 Å². The van der Waals surface area contributed by atoms with Crippen molar-refractivity contribution in [2.24, 2.45) is 0 Å². The number of amides is 1. The van der Waals surface area contributed by atoms with Gasteiger partial charge in [0.15, 0.2) is 6.10 Å². The van der Waals surface area contributed by atoms with Crippen LogP contribution in [0, 0.1) is 24.0 Å². The van der Waals surface area contributed by atoms with Gasteiger partial charge >= 0.3 is 0 Å². The monoisotopic (exact) mass is 328 g/mol. The molecular weight excluding hydrogens is 308 g/mol. The second-order valence-electron chi connectivity index (χ2n) is 5.58. The number of anilines is 1. The molecule has 0 saturated carbocycles. The van der Waals surface area contributed by atoms with Gasteiger partial charge in [-0.05, 0) is 43.5 Å². The van der Waals surface area contributed by atoms with Crippen molar-refractivity contribution in [1.82, 2.24) is 0 Å². The minimum atomic E-state index is -0.676. The first kappa shape index (κ1) is 17.5. The summed E-state index contributed by atoms with van der Waals surface area (Å²) in [6.45, 7) is 5.72. The van der Waals surface area contributed by atoms with E-state index in [1.807, 2.05) is 39.0 Å². The van der Waals surface area contributed by atoms with E-state index >= 15 is 0 Å². The number of benzene rings is 2. The lowest BCUT2D eigenvalue weighted by Gasteiger charge is -2.19. The van der Waals surface area contributed by atoms with Crippen molar-refractivity contribution in [1.29, 1.82) is 0 Å². The van der Waals surface area contributed by atoms with Gasteiger partial charge in [0.05, 0.1) is 4.92 Å². The van der Waals surface area contributed by atoms with Crippen molar-refractivity contribution in [2.45, 2.75) is 33.3 Å². The van der Waals surface area contributed by atoms with E-state index in [9.17, 15) is 14.9 Å². The average Bonchev–Trinajstić information content (AvgIpc) is 2.55. The smallest absolute Gasteiger partial charge is 0.271 e. The molecule has 2 aromatic carbocycles.